The van der Waals surface area contributed by atoms with Crippen molar-refractivity contribution in [2.45, 2.75) is 6.92 Å². The normalized spacial score (nSPS) is 14.8. The molecule has 3 N–H and O–H groups in total. The third-order valence-corrected chi connectivity index (χ3v) is 4.69. The molecule has 0 bridgehead atoms. The van der Waals surface area contributed by atoms with Crippen LogP contribution in [0.5, 0.6) is 0 Å². The maximum Gasteiger partial charge on any atom is 0.258 e. The summed E-state index contributed by atoms with van der Waals surface area (Å²) in [6, 6.07) is 7.33. The van der Waals surface area contributed by atoms with Crippen molar-refractivity contribution in [1.82, 2.24) is 19.9 Å². The van der Waals surface area contributed by atoms with Crippen molar-refractivity contribution in [3.05, 3.63) is 40.5 Å². The highest BCUT2D eigenvalue weighted by molar-refractivity contribution is 6.30. The second-order valence-corrected chi connectivity index (χ2v) is 6.62. The van der Waals surface area contributed by atoms with E-state index in [0.717, 1.165) is 5.56 Å². The van der Waals surface area contributed by atoms with Gasteiger partial charge in [0.2, 0.25) is 0 Å². The van der Waals surface area contributed by atoms with Gasteiger partial charge in [0.25, 0.3) is 5.91 Å². The summed E-state index contributed by atoms with van der Waals surface area (Å²) in [4.78, 5) is 27.0. The Kier molecular flexibility index (Phi) is 4.26. The Morgan fingerprint density at radius 2 is 2.08 bits per heavy atom. The first kappa shape index (κ1) is 16.8. The zero-order chi connectivity index (χ0) is 18.3. The molecule has 3 heterocycles. The first-order valence-corrected chi connectivity index (χ1v) is 8.71. The molecular weight excluding hydrogens is 354 g/mol. The van der Waals surface area contributed by atoms with E-state index >= 15 is 0 Å². The van der Waals surface area contributed by atoms with Crippen LogP contribution >= 0.6 is 11.6 Å². The van der Waals surface area contributed by atoms with Crippen molar-refractivity contribution in [3.63, 3.8) is 0 Å². The van der Waals surface area contributed by atoms with Gasteiger partial charge in [-0.3, -0.25) is 4.79 Å². The minimum atomic E-state index is -0.104. The zero-order valence-electron chi connectivity index (χ0n) is 14.3. The van der Waals surface area contributed by atoms with Gasteiger partial charge in [-0.05, 0) is 19.1 Å². The molecule has 1 aromatic carbocycles. The van der Waals surface area contributed by atoms with Gasteiger partial charge >= 0.3 is 0 Å². The SMILES string of the molecule is Cc1nc(N)c2[nH]c(-c3cccc(Cl)c3)nc2c1C(=O)N1CCOCC1. The van der Waals surface area contributed by atoms with Gasteiger partial charge in [-0.1, -0.05) is 23.7 Å². The van der Waals surface area contributed by atoms with Crippen molar-refractivity contribution < 1.29 is 9.53 Å². The Hall–Kier alpha value is -2.64. The van der Waals surface area contributed by atoms with E-state index in [1.54, 1.807) is 24.0 Å². The van der Waals surface area contributed by atoms with Gasteiger partial charge < -0.3 is 20.4 Å². The lowest BCUT2D eigenvalue weighted by Crippen LogP contribution is -2.41. The predicted molar refractivity (Wildman–Crippen MR) is 100 cm³/mol. The molecule has 1 fully saturated rings. The number of nitrogens with one attached hydrogen (secondary N) is 1. The van der Waals surface area contributed by atoms with Gasteiger partial charge in [-0.25, -0.2) is 9.97 Å². The summed E-state index contributed by atoms with van der Waals surface area (Å²) in [5.41, 5.74) is 9.01. The van der Waals surface area contributed by atoms with Crippen LogP contribution in [0.2, 0.25) is 5.02 Å². The molecule has 4 rings (SSSR count). The third kappa shape index (κ3) is 2.89. The molecule has 26 heavy (non-hydrogen) atoms. The Labute approximate surface area is 155 Å². The molecule has 3 aromatic rings. The van der Waals surface area contributed by atoms with Crippen LogP contribution in [0.4, 0.5) is 5.82 Å². The number of fused-ring (bicyclic) bond motifs is 1. The second kappa shape index (κ2) is 6.59. The highest BCUT2D eigenvalue weighted by atomic mass is 35.5. The van der Waals surface area contributed by atoms with E-state index in [4.69, 9.17) is 22.1 Å². The average Bonchev–Trinajstić information content (AvgIpc) is 3.08. The number of nitrogens with zero attached hydrogens (tertiary/aromatic N) is 3. The highest BCUT2D eigenvalue weighted by Crippen LogP contribution is 2.29. The Bertz CT molecular complexity index is 995. The van der Waals surface area contributed by atoms with Gasteiger partial charge in [0, 0.05) is 23.7 Å². The number of pyridine rings is 1. The standard InChI is InChI=1S/C18H18ClN5O2/c1-10-13(18(25)24-5-7-26-8-6-24)14-15(16(20)21-10)23-17(22-14)11-3-2-4-12(19)9-11/h2-4,9H,5-8H2,1H3,(H2,20,21)(H,22,23). The molecule has 1 amide bonds. The Morgan fingerprint density at radius 3 is 2.81 bits per heavy atom. The van der Waals surface area contributed by atoms with Crippen molar-refractivity contribution >= 4 is 34.4 Å². The summed E-state index contributed by atoms with van der Waals surface area (Å²) in [6.07, 6.45) is 0. The van der Waals surface area contributed by atoms with Crippen molar-refractivity contribution in [2.75, 3.05) is 32.0 Å². The number of hydrogen-bond acceptors (Lipinski definition) is 5. The molecular formula is C18H18ClN5O2. The van der Waals surface area contributed by atoms with Gasteiger partial charge in [-0.2, -0.15) is 0 Å². The summed E-state index contributed by atoms with van der Waals surface area (Å²) >= 11 is 6.08. The minimum absolute atomic E-state index is 0.104. The van der Waals surface area contributed by atoms with Gasteiger partial charge in [0.05, 0.1) is 24.5 Å². The number of imidazole rings is 1. The predicted octanol–water partition coefficient (Wildman–Crippen LogP) is 2.64. The van der Waals surface area contributed by atoms with Crippen LogP contribution < -0.4 is 5.73 Å². The number of ether oxygens (including phenoxy) is 1. The van der Waals surface area contributed by atoms with Crippen molar-refractivity contribution in [3.8, 4) is 11.4 Å². The maximum atomic E-state index is 13.1. The molecule has 0 unspecified atom stereocenters. The summed E-state index contributed by atoms with van der Waals surface area (Å²) in [5, 5.41) is 0.606. The number of aryl methyl sites for hydroxylation is 1. The number of carbonyl (C=O) groups excluding carboxylic acids is 1. The summed E-state index contributed by atoms with van der Waals surface area (Å²) in [7, 11) is 0. The van der Waals surface area contributed by atoms with Crippen molar-refractivity contribution in [2.24, 2.45) is 0 Å². The van der Waals surface area contributed by atoms with E-state index in [1.165, 1.54) is 0 Å². The quantitative estimate of drug-likeness (QED) is 0.721. The lowest BCUT2D eigenvalue weighted by atomic mass is 10.1. The summed E-state index contributed by atoms with van der Waals surface area (Å²) in [6.45, 7) is 3.94. The molecule has 134 valence electrons. The highest BCUT2D eigenvalue weighted by Gasteiger charge is 2.26. The molecule has 0 saturated carbocycles. The number of nitrogens with two attached hydrogens (primary N) is 1. The fraction of sp³-hybridized carbons (Fsp3) is 0.278. The molecule has 8 heteroatoms. The number of morpholine rings is 1. The molecule has 0 atom stereocenters. The molecule has 1 aliphatic heterocycles. The van der Waals surface area contributed by atoms with E-state index in [9.17, 15) is 4.79 Å². The van der Waals surface area contributed by atoms with Crippen LogP contribution in [0.3, 0.4) is 0 Å². The van der Waals surface area contributed by atoms with Crippen LogP contribution in [0.15, 0.2) is 24.3 Å². The molecule has 0 spiro atoms. The number of hydrogen-bond donors (Lipinski definition) is 2. The van der Waals surface area contributed by atoms with Crippen LogP contribution in [0, 0.1) is 6.92 Å². The largest absolute Gasteiger partial charge is 0.382 e. The number of aromatic amines is 1. The molecule has 2 aromatic heterocycles. The maximum absolute atomic E-state index is 13.1. The number of halogens is 1. The van der Waals surface area contributed by atoms with Crippen LogP contribution in [0.1, 0.15) is 16.1 Å². The molecule has 1 saturated heterocycles. The molecule has 0 aliphatic carbocycles. The Balaban J connectivity index is 1.86. The Morgan fingerprint density at radius 1 is 1.31 bits per heavy atom. The topological polar surface area (TPSA) is 97.1 Å². The zero-order valence-corrected chi connectivity index (χ0v) is 15.0. The summed E-state index contributed by atoms with van der Waals surface area (Å²) in [5.74, 6) is 0.807. The number of carbonyl (C=O) groups is 1. The van der Waals surface area contributed by atoms with Crippen molar-refractivity contribution in [1.29, 1.82) is 0 Å². The lowest BCUT2D eigenvalue weighted by molar-refractivity contribution is 0.0303. The number of amides is 1. The number of rotatable bonds is 2. The molecule has 0 radical (unpaired) electrons. The van der Waals surface area contributed by atoms with Gasteiger partial charge in [0.1, 0.15) is 22.7 Å². The number of aromatic nitrogens is 3. The van der Waals surface area contributed by atoms with Gasteiger partial charge in [-0.15, -0.1) is 0 Å². The molecule has 7 nitrogen and oxygen atoms in total. The molecule has 1 aliphatic rings. The van der Waals surface area contributed by atoms with E-state index in [1.807, 2.05) is 12.1 Å². The van der Waals surface area contributed by atoms with Crippen LogP contribution in [-0.2, 0) is 4.74 Å². The smallest absolute Gasteiger partial charge is 0.258 e. The fourth-order valence-electron chi connectivity index (χ4n) is 3.16. The van der Waals surface area contributed by atoms with E-state index in [-0.39, 0.29) is 5.91 Å². The fourth-order valence-corrected chi connectivity index (χ4v) is 3.35. The number of nitrogen functional groups attached to an aromatic ring is 1. The van der Waals surface area contributed by atoms with E-state index in [0.29, 0.717) is 65.3 Å². The first-order valence-electron chi connectivity index (χ1n) is 8.33. The first-order chi connectivity index (χ1) is 12.5. The monoisotopic (exact) mass is 371 g/mol. The van der Waals surface area contributed by atoms with Crippen LogP contribution in [0.25, 0.3) is 22.4 Å². The van der Waals surface area contributed by atoms with E-state index in [2.05, 4.69) is 15.0 Å². The van der Waals surface area contributed by atoms with Crippen LogP contribution in [-0.4, -0.2) is 52.1 Å². The lowest BCUT2D eigenvalue weighted by Gasteiger charge is -2.27. The van der Waals surface area contributed by atoms with E-state index < -0.39 is 0 Å². The number of H-pyrrole nitrogens is 1. The minimum Gasteiger partial charge on any atom is -0.382 e. The number of benzene rings is 1. The number of anilines is 1. The summed E-state index contributed by atoms with van der Waals surface area (Å²) < 4.78 is 5.33. The van der Waals surface area contributed by atoms with Gasteiger partial charge in [0.15, 0.2) is 0 Å². The third-order valence-electron chi connectivity index (χ3n) is 4.46. The average molecular weight is 372 g/mol. The second-order valence-electron chi connectivity index (χ2n) is 6.18.